The molecule has 3 nitrogen and oxygen atoms in total. The molecular formula is C29H29F8NO2. The lowest BCUT2D eigenvalue weighted by Crippen LogP contribution is -2.53. The normalized spacial score (nSPS) is 21.7. The molecule has 11 heteroatoms. The fraction of sp³-hybridized carbons (Fsp3) is 0.483. The lowest BCUT2D eigenvalue weighted by Gasteiger charge is -2.49. The van der Waals surface area contributed by atoms with Crippen LogP contribution in [-0.2, 0) is 17.1 Å². The highest BCUT2D eigenvalue weighted by Gasteiger charge is 2.55. The number of aliphatic carboxylic acids is 1. The van der Waals surface area contributed by atoms with E-state index in [1.165, 1.54) is 17.0 Å². The first-order valence-electron chi connectivity index (χ1n) is 12.5. The fourth-order valence-corrected chi connectivity index (χ4v) is 4.87. The Balaban J connectivity index is 2.25. The van der Waals surface area contributed by atoms with Gasteiger partial charge in [0.15, 0.2) is 0 Å². The molecule has 0 aliphatic carbocycles. The molecule has 40 heavy (non-hydrogen) atoms. The number of hydrogen-bond acceptors (Lipinski definition) is 2. The molecule has 4 atom stereocenters. The Morgan fingerprint density at radius 2 is 1.40 bits per heavy atom. The molecule has 2 aromatic rings. The van der Waals surface area contributed by atoms with Gasteiger partial charge in [-0.05, 0) is 56.2 Å². The number of halogens is 8. The first-order chi connectivity index (χ1) is 18.2. The molecule has 1 heterocycles. The Kier molecular flexibility index (Phi) is 8.66. The molecule has 218 valence electrons. The Hall–Kier alpha value is -3.13. The lowest BCUT2D eigenvalue weighted by atomic mass is 9.73. The van der Waals surface area contributed by atoms with Gasteiger partial charge >= 0.3 is 18.3 Å². The number of piperidine rings is 1. The average molecular weight is 576 g/mol. The summed E-state index contributed by atoms with van der Waals surface area (Å²) in [4.78, 5) is 13.4. The molecule has 0 bridgehead atoms. The van der Waals surface area contributed by atoms with Crippen molar-refractivity contribution in [3.05, 3.63) is 70.8 Å². The van der Waals surface area contributed by atoms with Gasteiger partial charge in [-0.1, -0.05) is 43.0 Å². The van der Waals surface area contributed by atoms with Gasteiger partial charge in [-0.25, -0.2) is 8.78 Å². The van der Waals surface area contributed by atoms with Crippen molar-refractivity contribution in [3.8, 4) is 11.8 Å². The smallest absolute Gasteiger partial charge is 0.416 e. The van der Waals surface area contributed by atoms with E-state index < -0.39 is 71.1 Å². The van der Waals surface area contributed by atoms with Crippen LogP contribution in [0.5, 0.6) is 0 Å². The Morgan fingerprint density at radius 1 is 0.925 bits per heavy atom. The summed E-state index contributed by atoms with van der Waals surface area (Å²) in [5, 5.41) is 9.71. The minimum absolute atomic E-state index is 0.0138. The second-order valence-electron chi connectivity index (χ2n) is 11.0. The SMILES string of the molecule is CC(C(=O)O)C1C(c2ccc(C(F)(F)F)cc2)N(C(C#CC(C)(C)C)c2ccc(C(F)(F)F)cc2)CCC1(F)F. The Bertz CT molecular complexity index is 1250. The van der Waals surface area contributed by atoms with Crippen LogP contribution in [0.1, 0.15) is 68.5 Å². The van der Waals surface area contributed by atoms with Crippen molar-refractivity contribution in [2.24, 2.45) is 17.3 Å². The van der Waals surface area contributed by atoms with Crippen LogP contribution in [0.4, 0.5) is 35.1 Å². The number of benzene rings is 2. The summed E-state index contributed by atoms with van der Waals surface area (Å²) in [6.07, 6.45) is -10.1. The van der Waals surface area contributed by atoms with Gasteiger partial charge in [0.05, 0.1) is 29.0 Å². The third-order valence-electron chi connectivity index (χ3n) is 6.87. The van der Waals surface area contributed by atoms with Crippen molar-refractivity contribution >= 4 is 5.97 Å². The highest BCUT2D eigenvalue weighted by Crippen LogP contribution is 2.51. The first-order valence-corrected chi connectivity index (χ1v) is 12.5. The van der Waals surface area contributed by atoms with E-state index in [0.717, 1.165) is 43.3 Å². The van der Waals surface area contributed by atoms with Crippen molar-refractivity contribution in [3.63, 3.8) is 0 Å². The molecule has 0 amide bonds. The van der Waals surface area contributed by atoms with E-state index in [4.69, 9.17) is 0 Å². The number of carboxylic acids is 1. The van der Waals surface area contributed by atoms with Gasteiger partial charge in [-0.2, -0.15) is 26.3 Å². The number of carboxylic acid groups (broad SMARTS) is 1. The molecule has 1 aliphatic rings. The van der Waals surface area contributed by atoms with Crippen LogP contribution < -0.4 is 0 Å². The van der Waals surface area contributed by atoms with Crippen molar-refractivity contribution < 1.29 is 45.0 Å². The highest BCUT2D eigenvalue weighted by molar-refractivity contribution is 5.70. The van der Waals surface area contributed by atoms with Gasteiger partial charge in [0.1, 0.15) is 0 Å². The van der Waals surface area contributed by atoms with E-state index in [-0.39, 0.29) is 17.7 Å². The lowest BCUT2D eigenvalue weighted by molar-refractivity contribution is -0.174. The average Bonchev–Trinajstić information content (AvgIpc) is 2.82. The number of carbonyl (C=O) groups is 1. The molecular weight excluding hydrogens is 546 g/mol. The molecule has 4 unspecified atom stereocenters. The number of nitrogens with zero attached hydrogens (tertiary/aromatic N) is 1. The van der Waals surface area contributed by atoms with Gasteiger partial charge in [0.25, 0.3) is 5.92 Å². The highest BCUT2D eigenvalue weighted by atomic mass is 19.4. The molecule has 2 aromatic carbocycles. The molecule has 1 fully saturated rings. The third-order valence-corrected chi connectivity index (χ3v) is 6.87. The topological polar surface area (TPSA) is 40.5 Å². The molecule has 1 saturated heterocycles. The van der Waals surface area contributed by atoms with Crippen molar-refractivity contribution in [1.29, 1.82) is 0 Å². The minimum atomic E-state index is -4.69. The molecule has 0 spiro atoms. The van der Waals surface area contributed by atoms with Crippen molar-refractivity contribution in [2.75, 3.05) is 6.54 Å². The Labute approximate surface area is 227 Å². The van der Waals surface area contributed by atoms with Crippen LogP contribution in [0.25, 0.3) is 0 Å². The largest absolute Gasteiger partial charge is 0.481 e. The zero-order valence-electron chi connectivity index (χ0n) is 22.2. The predicted octanol–water partition coefficient (Wildman–Crippen LogP) is 8.23. The minimum Gasteiger partial charge on any atom is -0.481 e. The summed E-state index contributed by atoms with van der Waals surface area (Å²) in [6.45, 7) is 6.09. The van der Waals surface area contributed by atoms with Gasteiger partial charge in [-0.3, -0.25) is 9.69 Å². The van der Waals surface area contributed by atoms with Gasteiger partial charge in [-0.15, -0.1) is 0 Å². The van der Waals surface area contributed by atoms with E-state index in [1.54, 1.807) is 20.8 Å². The zero-order valence-corrected chi connectivity index (χ0v) is 22.2. The van der Waals surface area contributed by atoms with Crippen LogP contribution in [-0.4, -0.2) is 28.4 Å². The maximum absolute atomic E-state index is 15.5. The maximum atomic E-state index is 15.5. The molecule has 0 saturated carbocycles. The van der Waals surface area contributed by atoms with Crippen LogP contribution in [0.3, 0.4) is 0 Å². The summed E-state index contributed by atoms with van der Waals surface area (Å²) < 4.78 is 110. The predicted molar refractivity (Wildman–Crippen MR) is 132 cm³/mol. The van der Waals surface area contributed by atoms with E-state index in [9.17, 15) is 36.2 Å². The summed E-state index contributed by atoms with van der Waals surface area (Å²) in [7, 11) is 0. The number of likely N-dealkylation sites (tertiary alicyclic amines) is 1. The second kappa shape index (κ2) is 11.0. The number of hydrogen-bond donors (Lipinski definition) is 1. The standard InChI is InChI=1S/C29H29F8NO2/c1-17(25(39)40)23-24(19-7-11-21(12-8-19)29(35,36)37)38(16-15-27(23,30)31)22(13-14-26(2,3)4)18-5-9-20(10-6-18)28(32,33)34/h5-12,17,22-24H,15-16H2,1-4H3,(H,39,40). The molecule has 0 radical (unpaired) electrons. The van der Waals surface area contributed by atoms with Crippen LogP contribution in [0.2, 0.25) is 0 Å². The van der Waals surface area contributed by atoms with Crippen molar-refractivity contribution in [2.45, 2.75) is 64.5 Å². The van der Waals surface area contributed by atoms with Crippen LogP contribution >= 0.6 is 0 Å². The molecule has 0 aromatic heterocycles. The number of alkyl halides is 8. The molecule has 1 aliphatic heterocycles. The Morgan fingerprint density at radius 3 is 1.82 bits per heavy atom. The maximum Gasteiger partial charge on any atom is 0.416 e. The summed E-state index contributed by atoms with van der Waals surface area (Å²) in [5.41, 5.74) is -2.28. The fourth-order valence-electron chi connectivity index (χ4n) is 4.87. The zero-order chi connectivity index (χ0) is 30.3. The molecule has 3 rings (SSSR count). The van der Waals surface area contributed by atoms with Gasteiger partial charge < -0.3 is 5.11 Å². The van der Waals surface area contributed by atoms with Crippen molar-refractivity contribution in [1.82, 2.24) is 4.90 Å². The van der Waals surface area contributed by atoms with Gasteiger partial charge in [0, 0.05) is 24.4 Å². The summed E-state index contributed by atoms with van der Waals surface area (Å²) in [6, 6.07) is 5.08. The summed E-state index contributed by atoms with van der Waals surface area (Å²) in [5.74, 6) is -2.55. The van der Waals surface area contributed by atoms with E-state index in [2.05, 4.69) is 11.8 Å². The van der Waals surface area contributed by atoms with Crippen LogP contribution in [0.15, 0.2) is 48.5 Å². The van der Waals surface area contributed by atoms with Crippen LogP contribution in [0, 0.1) is 29.1 Å². The quantitative estimate of drug-likeness (QED) is 0.289. The van der Waals surface area contributed by atoms with Gasteiger partial charge in [0.2, 0.25) is 0 Å². The second-order valence-corrected chi connectivity index (χ2v) is 11.0. The molecule has 1 N–H and O–H groups in total. The number of rotatable bonds is 5. The third kappa shape index (κ3) is 7.14. The van der Waals surface area contributed by atoms with E-state index >= 15 is 8.78 Å². The van der Waals surface area contributed by atoms with E-state index in [0.29, 0.717) is 0 Å². The van der Waals surface area contributed by atoms with E-state index in [1.807, 2.05) is 0 Å². The summed E-state index contributed by atoms with van der Waals surface area (Å²) >= 11 is 0. The first kappa shape index (κ1) is 31.4. The monoisotopic (exact) mass is 575 g/mol.